The minimum absolute atomic E-state index is 0.141. The van der Waals surface area contributed by atoms with Gasteiger partial charge in [-0.1, -0.05) is 66.5 Å². The Balaban J connectivity index is 2.16. The molecule has 0 amide bonds. The van der Waals surface area contributed by atoms with E-state index in [4.69, 9.17) is 4.98 Å². The van der Waals surface area contributed by atoms with Crippen LogP contribution in [0.3, 0.4) is 0 Å². The Hall–Kier alpha value is -0.670. The third kappa shape index (κ3) is 3.92. The molecule has 0 bridgehead atoms. The van der Waals surface area contributed by atoms with Gasteiger partial charge in [0.05, 0.1) is 10.7 Å². The maximum Gasteiger partial charge on any atom is 0.0934 e. The van der Waals surface area contributed by atoms with Crippen LogP contribution in [0.25, 0.3) is 0 Å². The van der Waals surface area contributed by atoms with Gasteiger partial charge in [0.2, 0.25) is 0 Å². The van der Waals surface area contributed by atoms with E-state index >= 15 is 0 Å². The van der Waals surface area contributed by atoms with Gasteiger partial charge in [0.15, 0.2) is 0 Å². The van der Waals surface area contributed by atoms with Crippen LogP contribution in [0.1, 0.15) is 48.5 Å². The Kier molecular flexibility index (Phi) is 5.03. The number of nitrogens with zero attached hydrogens (tertiary/aromatic N) is 1. The molecule has 1 nitrogen and oxygen atoms in total. The zero-order valence-electron chi connectivity index (χ0n) is 12.6. The number of aromatic nitrogens is 1. The average Bonchev–Trinajstić information content (AvgIpc) is 2.84. The predicted molar refractivity (Wildman–Crippen MR) is 92.2 cm³/mol. The van der Waals surface area contributed by atoms with E-state index in [1.54, 1.807) is 11.3 Å². The fourth-order valence-electron chi connectivity index (χ4n) is 2.15. The molecule has 0 radical (unpaired) electrons. The van der Waals surface area contributed by atoms with Crippen LogP contribution in [0, 0.1) is 6.92 Å². The van der Waals surface area contributed by atoms with Gasteiger partial charge in [0.25, 0.3) is 0 Å². The molecule has 3 heteroatoms. The number of halogens is 1. The second-order valence-corrected chi connectivity index (χ2v) is 7.94. The van der Waals surface area contributed by atoms with Gasteiger partial charge in [-0.15, -0.1) is 11.3 Å². The highest BCUT2D eigenvalue weighted by molar-refractivity contribution is 9.09. The fraction of sp³-hybridized carbons (Fsp3) is 0.471. The first-order valence-electron chi connectivity index (χ1n) is 6.97. The van der Waals surface area contributed by atoms with Crippen molar-refractivity contribution in [2.75, 3.05) is 5.33 Å². The van der Waals surface area contributed by atoms with E-state index in [2.05, 4.69) is 73.3 Å². The zero-order valence-corrected chi connectivity index (χ0v) is 15.0. The molecule has 0 aliphatic carbocycles. The minimum atomic E-state index is 0.141. The fourth-order valence-corrected chi connectivity index (χ4v) is 3.85. The van der Waals surface area contributed by atoms with E-state index in [0.717, 1.165) is 11.8 Å². The third-order valence-electron chi connectivity index (χ3n) is 3.44. The molecule has 20 heavy (non-hydrogen) atoms. The van der Waals surface area contributed by atoms with Crippen molar-refractivity contribution in [1.82, 2.24) is 4.98 Å². The predicted octanol–water partition coefficient (Wildman–Crippen LogP) is 5.47. The van der Waals surface area contributed by atoms with Crippen LogP contribution in [0.5, 0.6) is 0 Å². The highest BCUT2D eigenvalue weighted by atomic mass is 79.9. The Labute approximate surface area is 134 Å². The maximum atomic E-state index is 4.81. The van der Waals surface area contributed by atoms with Crippen LogP contribution in [-0.2, 0) is 11.8 Å². The molecule has 1 aromatic heterocycles. The average molecular weight is 352 g/mol. The van der Waals surface area contributed by atoms with Crippen molar-refractivity contribution in [1.29, 1.82) is 0 Å². The summed E-state index contributed by atoms with van der Waals surface area (Å²) in [5, 5.41) is 4.42. The SMILES string of the molecule is Cc1cccc(C(CBr)Cc2nc(C(C)(C)C)cs2)c1. The van der Waals surface area contributed by atoms with Gasteiger partial charge in [-0.3, -0.25) is 0 Å². The minimum Gasteiger partial charge on any atom is -0.246 e. The standard InChI is InChI=1S/C17H22BrNS/c1-12-6-5-7-13(8-12)14(10-18)9-16-19-15(11-20-16)17(2,3)4/h5-8,11,14H,9-10H2,1-4H3. The molecule has 1 unspecified atom stereocenters. The molecule has 1 atom stereocenters. The second kappa shape index (κ2) is 6.40. The number of alkyl halides is 1. The van der Waals surface area contributed by atoms with E-state index in [1.807, 2.05) is 0 Å². The van der Waals surface area contributed by atoms with Gasteiger partial charge in [-0.25, -0.2) is 4.98 Å². The topological polar surface area (TPSA) is 12.9 Å². The largest absolute Gasteiger partial charge is 0.246 e. The lowest BCUT2D eigenvalue weighted by Crippen LogP contribution is -2.12. The summed E-state index contributed by atoms with van der Waals surface area (Å²) in [5.74, 6) is 0.494. The van der Waals surface area contributed by atoms with Crippen LogP contribution >= 0.6 is 27.3 Å². The Morgan fingerprint density at radius 3 is 2.60 bits per heavy atom. The highest BCUT2D eigenvalue weighted by Crippen LogP contribution is 2.28. The number of hydrogen-bond acceptors (Lipinski definition) is 2. The molecule has 0 spiro atoms. The van der Waals surface area contributed by atoms with Crippen molar-refractivity contribution in [3.05, 3.63) is 51.5 Å². The molecular weight excluding hydrogens is 330 g/mol. The summed E-state index contributed by atoms with van der Waals surface area (Å²) >= 11 is 5.44. The van der Waals surface area contributed by atoms with E-state index in [-0.39, 0.29) is 5.41 Å². The molecule has 2 rings (SSSR count). The number of hydrogen-bond donors (Lipinski definition) is 0. The Morgan fingerprint density at radius 2 is 2.05 bits per heavy atom. The monoisotopic (exact) mass is 351 g/mol. The van der Waals surface area contributed by atoms with E-state index in [9.17, 15) is 0 Å². The summed E-state index contributed by atoms with van der Waals surface area (Å²) in [4.78, 5) is 4.81. The molecule has 108 valence electrons. The van der Waals surface area contributed by atoms with E-state index in [1.165, 1.54) is 21.8 Å². The molecule has 0 fully saturated rings. The van der Waals surface area contributed by atoms with E-state index in [0.29, 0.717) is 5.92 Å². The molecule has 0 saturated carbocycles. The van der Waals surface area contributed by atoms with E-state index < -0.39 is 0 Å². The van der Waals surface area contributed by atoms with Crippen LogP contribution in [0.4, 0.5) is 0 Å². The molecule has 1 heterocycles. The summed E-state index contributed by atoms with van der Waals surface area (Å²) in [7, 11) is 0. The first-order valence-corrected chi connectivity index (χ1v) is 8.97. The molecule has 0 N–H and O–H groups in total. The molecule has 0 aliphatic heterocycles. The first-order chi connectivity index (χ1) is 9.40. The highest BCUT2D eigenvalue weighted by Gasteiger charge is 2.19. The normalized spacial score (nSPS) is 13.4. The number of thiazole rings is 1. The molecule has 0 saturated heterocycles. The summed E-state index contributed by atoms with van der Waals surface area (Å²) in [5.41, 5.74) is 4.06. The number of benzene rings is 1. The smallest absolute Gasteiger partial charge is 0.0934 e. The van der Waals surface area contributed by atoms with Crippen LogP contribution < -0.4 is 0 Å². The zero-order chi connectivity index (χ0) is 14.8. The summed E-state index contributed by atoms with van der Waals surface area (Å²) < 4.78 is 0. The lowest BCUT2D eigenvalue weighted by Gasteiger charge is -2.15. The Bertz CT molecular complexity index is 568. The lowest BCUT2D eigenvalue weighted by atomic mass is 9.93. The molecule has 2 aromatic rings. The van der Waals surface area contributed by atoms with Crippen molar-refractivity contribution in [3.8, 4) is 0 Å². The molecular formula is C17H22BrNS. The summed E-state index contributed by atoms with van der Waals surface area (Å²) in [6.45, 7) is 8.80. The van der Waals surface area contributed by atoms with Crippen molar-refractivity contribution in [2.45, 2.75) is 45.4 Å². The van der Waals surface area contributed by atoms with Gasteiger partial charge in [-0.05, 0) is 18.4 Å². The maximum absolute atomic E-state index is 4.81. The summed E-state index contributed by atoms with van der Waals surface area (Å²) in [6, 6.07) is 8.79. The summed E-state index contributed by atoms with van der Waals surface area (Å²) in [6.07, 6.45) is 1.01. The van der Waals surface area contributed by atoms with Crippen molar-refractivity contribution in [3.63, 3.8) is 0 Å². The van der Waals surface area contributed by atoms with Crippen LogP contribution in [-0.4, -0.2) is 10.3 Å². The van der Waals surface area contributed by atoms with Crippen LogP contribution in [0.15, 0.2) is 29.6 Å². The van der Waals surface area contributed by atoms with Gasteiger partial charge in [-0.2, -0.15) is 0 Å². The quantitative estimate of drug-likeness (QED) is 0.665. The first kappa shape index (κ1) is 15.7. The third-order valence-corrected chi connectivity index (χ3v) is 5.09. The van der Waals surface area contributed by atoms with Crippen molar-refractivity contribution < 1.29 is 0 Å². The molecule has 0 aliphatic rings. The van der Waals surface area contributed by atoms with Gasteiger partial charge >= 0.3 is 0 Å². The van der Waals surface area contributed by atoms with Crippen molar-refractivity contribution >= 4 is 27.3 Å². The number of aryl methyl sites for hydroxylation is 1. The van der Waals surface area contributed by atoms with Gasteiger partial charge < -0.3 is 0 Å². The second-order valence-electron chi connectivity index (χ2n) is 6.35. The Morgan fingerprint density at radius 1 is 1.30 bits per heavy atom. The lowest BCUT2D eigenvalue weighted by molar-refractivity contribution is 0.569. The molecule has 1 aromatic carbocycles. The van der Waals surface area contributed by atoms with Gasteiger partial charge in [0.1, 0.15) is 0 Å². The van der Waals surface area contributed by atoms with Gasteiger partial charge in [0, 0.05) is 22.5 Å². The van der Waals surface area contributed by atoms with Crippen molar-refractivity contribution in [2.24, 2.45) is 0 Å². The van der Waals surface area contributed by atoms with Crippen LogP contribution in [0.2, 0.25) is 0 Å². The number of rotatable bonds is 4.